The normalized spacial score (nSPS) is 22.3. The van der Waals surface area contributed by atoms with Crippen LogP contribution in [0.25, 0.3) is 0 Å². The lowest BCUT2D eigenvalue weighted by Crippen LogP contribution is -2.47. The highest BCUT2D eigenvalue weighted by atomic mass is 79.9. The molecule has 0 aliphatic carbocycles. The standard InChI is InChI=1S/C19H22BrN2O5S/c1-13(19(23)26-2)22(11-18(22)20)28(24,25)17-9-8-15(10-16(17)21)27-12-14-6-4-3-5-7-14/h3-10,13,18H,11-12,21H2,1-2H3/q+1/t13-,18?,22?/m1/s1. The summed E-state index contributed by atoms with van der Waals surface area (Å²) in [6.07, 6.45) is 0. The van der Waals surface area contributed by atoms with Crippen molar-refractivity contribution >= 4 is 37.6 Å². The van der Waals surface area contributed by atoms with E-state index in [4.69, 9.17) is 15.2 Å². The third-order valence-electron chi connectivity index (χ3n) is 4.93. The number of rotatable bonds is 7. The lowest BCUT2D eigenvalue weighted by Gasteiger charge is -2.24. The summed E-state index contributed by atoms with van der Waals surface area (Å²) in [5, 5.41) is 0. The van der Waals surface area contributed by atoms with Gasteiger partial charge in [-0.2, -0.15) is 12.3 Å². The van der Waals surface area contributed by atoms with Crippen LogP contribution in [0.15, 0.2) is 53.4 Å². The maximum absolute atomic E-state index is 13.3. The van der Waals surface area contributed by atoms with Gasteiger partial charge in [0.2, 0.25) is 4.95 Å². The zero-order chi connectivity index (χ0) is 20.5. The molecule has 1 fully saturated rings. The predicted octanol–water partition coefficient (Wildman–Crippen LogP) is 2.65. The Balaban J connectivity index is 1.86. The van der Waals surface area contributed by atoms with Crippen LogP contribution in [0.4, 0.5) is 5.69 Å². The van der Waals surface area contributed by atoms with Crippen molar-refractivity contribution in [3.05, 3.63) is 54.1 Å². The molecule has 7 nitrogen and oxygen atoms in total. The molecule has 2 aromatic rings. The van der Waals surface area contributed by atoms with Crippen LogP contribution in [0.5, 0.6) is 5.75 Å². The topological polar surface area (TPSA) is 95.7 Å². The third-order valence-corrected chi connectivity index (χ3v) is 8.76. The number of esters is 1. The van der Waals surface area contributed by atoms with Gasteiger partial charge in [-0.05, 0) is 33.6 Å². The molecule has 3 rings (SSSR count). The van der Waals surface area contributed by atoms with Crippen molar-refractivity contribution in [1.29, 1.82) is 0 Å². The summed E-state index contributed by atoms with van der Waals surface area (Å²) < 4.78 is 36.6. The van der Waals surface area contributed by atoms with E-state index in [-0.39, 0.29) is 17.1 Å². The second kappa shape index (κ2) is 7.73. The van der Waals surface area contributed by atoms with Gasteiger partial charge in [-0.25, -0.2) is 4.79 Å². The van der Waals surface area contributed by atoms with Gasteiger partial charge in [0.05, 0.1) is 12.8 Å². The number of ether oxygens (including phenoxy) is 2. The number of sulfonamides is 1. The van der Waals surface area contributed by atoms with Crippen LogP contribution in [0.3, 0.4) is 0 Å². The number of nitrogen functional groups attached to an aromatic ring is 1. The number of alkyl halides is 1. The fraction of sp³-hybridized carbons (Fsp3) is 0.316. The SMILES string of the molecule is COC(=O)[C@@H](C)[N+]1(S(=O)(=O)c2ccc(OCc3ccccc3)cc2N)CC1Br. The van der Waals surface area contributed by atoms with E-state index >= 15 is 0 Å². The fourth-order valence-corrected chi connectivity index (χ4v) is 6.96. The molecule has 1 aliphatic heterocycles. The van der Waals surface area contributed by atoms with Crippen molar-refractivity contribution < 1.29 is 26.6 Å². The van der Waals surface area contributed by atoms with Gasteiger partial charge in [-0.1, -0.05) is 30.3 Å². The van der Waals surface area contributed by atoms with E-state index in [1.807, 2.05) is 30.3 Å². The summed E-state index contributed by atoms with van der Waals surface area (Å²) in [6.45, 7) is 2.14. The quantitative estimate of drug-likeness (QED) is 0.167. The zero-order valence-corrected chi connectivity index (χ0v) is 17.9. The number of benzene rings is 2. The van der Waals surface area contributed by atoms with Gasteiger partial charge in [-0.15, -0.1) is 0 Å². The smallest absolute Gasteiger partial charge is 0.365 e. The lowest BCUT2D eigenvalue weighted by molar-refractivity contribution is -0.686. The van der Waals surface area contributed by atoms with Crippen molar-refractivity contribution in [3.63, 3.8) is 0 Å². The van der Waals surface area contributed by atoms with Crippen molar-refractivity contribution in [2.75, 3.05) is 19.4 Å². The highest BCUT2D eigenvalue weighted by molar-refractivity contribution is 9.09. The van der Waals surface area contributed by atoms with Crippen LogP contribution in [0.1, 0.15) is 12.5 Å². The first-order chi connectivity index (χ1) is 13.2. The molecule has 28 heavy (non-hydrogen) atoms. The van der Waals surface area contributed by atoms with Crippen molar-refractivity contribution in [2.24, 2.45) is 0 Å². The number of nitrogens with two attached hydrogens (primary N) is 1. The maximum Gasteiger partial charge on any atom is 0.365 e. The Kier molecular flexibility index (Phi) is 5.69. The van der Waals surface area contributed by atoms with Crippen LogP contribution in [0, 0.1) is 0 Å². The Morgan fingerprint density at radius 1 is 1.29 bits per heavy atom. The molecular weight excluding hydrogens is 448 g/mol. The van der Waals surface area contributed by atoms with E-state index in [1.54, 1.807) is 6.07 Å². The molecule has 1 heterocycles. The summed E-state index contributed by atoms with van der Waals surface area (Å²) >= 11 is 3.35. The van der Waals surface area contributed by atoms with Crippen molar-refractivity contribution in [3.8, 4) is 5.75 Å². The monoisotopic (exact) mass is 469 g/mol. The summed E-state index contributed by atoms with van der Waals surface area (Å²) in [5.41, 5.74) is 7.12. The molecule has 0 radical (unpaired) electrons. The molecule has 3 atom stereocenters. The molecule has 0 bridgehead atoms. The number of quaternary nitrogens is 1. The number of carbonyl (C=O) groups excluding carboxylic acids is 1. The summed E-state index contributed by atoms with van der Waals surface area (Å²) in [7, 11) is -2.70. The molecule has 2 N–H and O–H groups in total. The van der Waals surface area contributed by atoms with Crippen LogP contribution < -0.4 is 10.5 Å². The molecule has 0 aromatic heterocycles. The minimum Gasteiger partial charge on any atom is -0.489 e. The largest absolute Gasteiger partial charge is 0.489 e. The fourth-order valence-electron chi connectivity index (χ4n) is 3.17. The van der Waals surface area contributed by atoms with Crippen LogP contribution in [0.2, 0.25) is 0 Å². The van der Waals surface area contributed by atoms with E-state index in [9.17, 15) is 13.2 Å². The van der Waals surface area contributed by atoms with Gasteiger partial charge >= 0.3 is 16.0 Å². The molecule has 0 saturated carbocycles. The van der Waals surface area contributed by atoms with E-state index in [0.717, 1.165) is 5.56 Å². The number of hydrogen-bond donors (Lipinski definition) is 1. The molecule has 1 saturated heterocycles. The second-order valence-electron chi connectivity index (χ2n) is 6.62. The summed E-state index contributed by atoms with van der Waals surface area (Å²) in [6, 6.07) is 13.2. The lowest BCUT2D eigenvalue weighted by atomic mass is 10.2. The second-order valence-corrected chi connectivity index (χ2v) is 9.75. The number of anilines is 1. The third kappa shape index (κ3) is 3.49. The number of hydrogen-bond acceptors (Lipinski definition) is 6. The molecule has 2 aromatic carbocycles. The van der Waals surface area contributed by atoms with Gasteiger partial charge in [0.1, 0.15) is 17.3 Å². The first-order valence-corrected chi connectivity index (χ1v) is 11.0. The van der Waals surface area contributed by atoms with Gasteiger partial charge in [0.15, 0.2) is 12.6 Å². The highest BCUT2D eigenvalue weighted by Gasteiger charge is 2.69. The van der Waals surface area contributed by atoms with Gasteiger partial charge in [0.25, 0.3) is 0 Å². The van der Waals surface area contributed by atoms with Crippen LogP contribution in [-0.2, 0) is 26.2 Å². The highest BCUT2D eigenvalue weighted by Crippen LogP contribution is 2.47. The maximum atomic E-state index is 13.3. The van der Waals surface area contributed by atoms with E-state index in [1.165, 1.54) is 26.2 Å². The van der Waals surface area contributed by atoms with E-state index < -0.39 is 30.9 Å². The Morgan fingerprint density at radius 3 is 2.46 bits per heavy atom. The summed E-state index contributed by atoms with van der Waals surface area (Å²) in [4.78, 5) is 11.6. The Morgan fingerprint density at radius 2 is 1.93 bits per heavy atom. The Bertz CT molecular complexity index is 983. The van der Waals surface area contributed by atoms with Gasteiger partial charge < -0.3 is 15.2 Å². The van der Waals surface area contributed by atoms with Gasteiger partial charge in [-0.3, -0.25) is 0 Å². The molecule has 1 aliphatic rings. The van der Waals surface area contributed by atoms with Crippen LogP contribution >= 0.6 is 15.9 Å². The molecule has 2 unspecified atom stereocenters. The number of halogens is 1. The van der Waals surface area contributed by atoms with Crippen molar-refractivity contribution in [1.82, 2.24) is 0 Å². The number of carbonyl (C=O) groups is 1. The molecule has 9 heteroatoms. The van der Waals surface area contributed by atoms with Gasteiger partial charge in [0, 0.05) is 13.0 Å². The van der Waals surface area contributed by atoms with Crippen molar-refractivity contribution in [2.45, 2.75) is 29.4 Å². The molecule has 150 valence electrons. The molecule has 0 spiro atoms. The molecule has 0 amide bonds. The molecular formula is C19H22BrN2O5S+. The minimum atomic E-state index is -3.94. The average molecular weight is 470 g/mol. The Hall–Kier alpha value is -2.10. The predicted molar refractivity (Wildman–Crippen MR) is 108 cm³/mol. The Labute approximate surface area is 172 Å². The zero-order valence-electron chi connectivity index (χ0n) is 15.5. The van der Waals surface area contributed by atoms with Crippen LogP contribution in [-0.4, -0.2) is 42.9 Å². The van der Waals surface area contributed by atoms with E-state index in [0.29, 0.717) is 12.4 Å². The number of nitrogens with zero attached hydrogens (tertiary/aromatic N) is 1. The first kappa shape index (κ1) is 20.6. The average Bonchev–Trinajstić information content (AvgIpc) is 3.38. The number of methoxy groups -OCH3 is 1. The summed E-state index contributed by atoms with van der Waals surface area (Å²) in [5.74, 6) is -0.124. The first-order valence-electron chi connectivity index (χ1n) is 8.65. The van der Waals surface area contributed by atoms with E-state index in [2.05, 4.69) is 15.9 Å². The minimum absolute atomic E-state index is 0.0303.